The van der Waals surface area contributed by atoms with Crippen LogP contribution in [0.15, 0.2) is 65.0 Å². The molecular weight excluding hydrogens is 469 g/mol. The van der Waals surface area contributed by atoms with Crippen molar-refractivity contribution in [2.24, 2.45) is 0 Å². The first kappa shape index (κ1) is 25.2. The summed E-state index contributed by atoms with van der Waals surface area (Å²) in [5.41, 5.74) is 5.52. The smallest absolute Gasteiger partial charge is 0.161 e. The van der Waals surface area contributed by atoms with E-state index in [0.29, 0.717) is 30.9 Å². The molecule has 0 fully saturated rings. The van der Waals surface area contributed by atoms with Crippen molar-refractivity contribution in [3.8, 4) is 11.5 Å². The Bertz CT molecular complexity index is 1220. The van der Waals surface area contributed by atoms with Gasteiger partial charge in [-0.2, -0.15) is 0 Å². The second-order valence-electron chi connectivity index (χ2n) is 9.91. The molecule has 1 aliphatic heterocycles. The lowest BCUT2D eigenvalue weighted by atomic mass is 9.71. The van der Waals surface area contributed by atoms with Gasteiger partial charge in [0.05, 0.1) is 6.61 Å². The fourth-order valence-corrected chi connectivity index (χ4v) is 5.88. The normalized spacial score (nSPS) is 18.2. The van der Waals surface area contributed by atoms with Crippen molar-refractivity contribution in [2.45, 2.75) is 71.3 Å². The highest BCUT2D eigenvalue weighted by Crippen LogP contribution is 2.50. The standard InChI is InChI=1S/C31H34FNO4/c1-3-17-33-23-7-5-9-25(34)30(23)29(31-24(33)8-6-10-26(31)35)21-13-16-27(28(18-21)36-4-2)37-19-20-11-14-22(32)15-12-20/h11-16,18,29H,3-10,17,19H2,1-2H3. The molecule has 2 aromatic carbocycles. The van der Waals surface area contributed by atoms with E-state index in [1.54, 1.807) is 12.1 Å². The Morgan fingerprint density at radius 3 is 2.08 bits per heavy atom. The molecule has 0 atom stereocenters. The molecule has 5 nitrogen and oxygen atoms in total. The molecule has 0 bridgehead atoms. The van der Waals surface area contributed by atoms with Gasteiger partial charge in [-0.3, -0.25) is 9.59 Å². The summed E-state index contributed by atoms with van der Waals surface area (Å²) in [5, 5.41) is 0. The molecule has 0 aromatic heterocycles. The van der Waals surface area contributed by atoms with E-state index >= 15 is 0 Å². The topological polar surface area (TPSA) is 55.8 Å². The van der Waals surface area contributed by atoms with Crippen LogP contribution in [0.3, 0.4) is 0 Å². The van der Waals surface area contributed by atoms with Crippen LogP contribution in [-0.2, 0) is 16.2 Å². The molecule has 0 saturated heterocycles. The number of allylic oxidation sites excluding steroid dienone is 4. The van der Waals surface area contributed by atoms with E-state index in [1.165, 1.54) is 12.1 Å². The number of halogens is 1. The van der Waals surface area contributed by atoms with Gasteiger partial charge in [0.15, 0.2) is 23.1 Å². The van der Waals surface area contributed by atoms with Crippen LogP contribution in [0.4, 0.5) is 4.39 Å². The highest BCUT2D eigenvalue weighted by molar-refractivity contribution is 6.06. The van der Waals surface area contributed by atoms with E-state index in [-0.39, 0.29) is 29.9 Å². The third-order valence-electron chi connectivity index (χ3n) is 7.44. The van der Waals surface area contributed by atoms with Crippen LogP contribution in [0.25, 0.3) is 0 Å². The molecule has 3 aliphatic rings. The van der Waals surface area contributed by atoms with Crippen molar-refractivity contribution >= 4 is 11.6 Å². The van der Waals surface area contributed by atoms with Crippen LogP contribution < -0.4 is 9.47 Å². The molecule has 0 radical (unpaired) electrons. The number of nitrogens with zero attached hydrogens (tertiary/aromatic N) is 1. The maximum absolute atomic E-state index is 13.4. The zero-order valence-corrected chi connectivity index (χ0v) is 21.6. The van der Waals surface area contributed by atoms with Crippen molar-refractivity contribution in [3.63, 3.8) is 0 Å². The SMILES string of the molecule is CCCN1C2=C(C(=O)CCC2)C(c2ccc(OCc3ccc(F)cc3)c(OCC)c2)C2=C1CCCC2=O. The van der Waals surface area contributed by atoms with Gasteiger partial charge in [0.2, 0.25) is 0 Å². The van der Waals surface area contributed by atoms with E-state index in [4.69, 9.17) is 9.47 Å². The second kappa shape index (κ2) is 10.9. The van der Waals surface area contributed by atoms with Gasteiger partial charge in [-0.05, 0) is 74.4 Å². The minimum atomic E-state index is -0.371. The van der Waals surface area contributed by atoms with Gasteiger partial charge in [0, 0.05) is 47.8 Å². The van der Waals surface area contributed by atoms with Crippen molar-refractivity contribution < 1.29 is 23.5 Å². The first-order chi connectivity index (χ1) is 18.0. The minimum Gasteiger partial charge on any atom is -0.490 e. The van der Waals surface area contributed by atoms with Crippen molar-refractivity contribution in [3.05, 3.63) is 81.9 Å². The molecule has 6 heteroatoms. The van der Waals surface area contributed by atoms with E-state index in [0.717, 1.165) is 72.3 Å². The number of hydrogen-bond donors (Lipinski definition) is 0. The second-order valence-corrected chi connectivity index (χ2v) is 9.91. The minimum absolute atomic E-state index is 0.145. The molecule has 2 aromatic rings. The van der Waals surface area contributed by atoms with Crippen molar-refractivity contribution in [1.29, 1.82) is 0 Å². The van der Waals surface area contributed by atoms with Gasteiger partial charge >= 0.3 is 0 Å². The van der Waals surface area contributed by atoms with Gasteiger partial charge in [0.1, 0.15) is 12.4 Å². The summed E-state index contributed by atoms with van der Waals surface area (Å²) in [5.74, 6) is 0.786. The number of carbonyl (C=O) groups excluding carboxylic acids is 2. The Labute approximate surface area is 218 Å². The summed E-state index contributed by atoms with van der Waals surface area (Å²) in [6, 6.07) is 12.0. The molecule has 0 amide bonds. The fourth-order valence-electron chi connectivity index (χ4n) is 5.88. The van der Waals surface area contributed by atoms with Gasteiger partial charge in [-0.25, -0.2) is 4.39 Å². The number of hydrogen-bond acceptors (Lipinski definition) is 5. The highest BCUT2D eigenvalue weighted by Gasteiger charge is 2.43. The molecule has 1 heterocycles. The lowest BCUT2D eigenvalue weighted by molar-refractivity contribution is -0.117. The van der Waals surface area contributed by atoms with Crippen LogP contribution in [0.1, 0.15) is 75.8 Å². The van der Waals surface area contributed by atoms with Gasteiger partial charge < -0.3 is 14.4 Å². The van der Waals surface area contributed by atoms with E-state index in [1.807, 2.05) is 25.1 Å². The molecule has 37 heavy (non-hydrogen) atoms. The van der Waals surface area contributed by atoms with Gasteiger partial charge in [-0.15, -0.1) is 0 Å². The predicted molar refractivity (Wildman–Crippen MR) is 140 cm³/mol. The summed E-state index contributed by atoms with van der Waals surface area (Å²) in [6.07, 6.45) is 5.41. The Hall–Kier alpha value is -3.41. The average Bonchev–Trinajstić information content (AvgIpc) is 2.90. The average molecular weight is 504 g/mol. The van der Waals surface area contributed by atoms with E-state index in [9.17, 15) is 14.0 Å². The fraction of sp³-hybridized carbons (Fsp3) is 0.419. The summed E-state index contributed by atoms with van der Waals surface area (Å²) < 4.78 is 25.3. The molecule has 0 saturated carbocycles. The zero-order valence-electron chi connectivity index (χ0n) is 21.6. The molecule has 5 rings (SSSR count). The number of Topliss-reactive ketones (excluding diaryl/α,β-unsaturated/α-hetero) is 2. The number of ether oxygens (including phenoxy) is 2. The largest absolute Gasteiger partial charge is 0.490 e. The Morgan fingerprint density at radius 2 is 1.49 bits per heavy atom. The first-order valence-corrected chi connectivity index (χ1v) is 13.5. The Kier molecular flexibility index (Phi) is 7.45. The monoisotopic (exact) mass is 503 g/mol. The highest BCUT2D eigenvalue weighted by atomic mass is 19.1. The quantitative estimate of drug-likeness (QED) is 0.405. The van der Waals surface area contributed by atoms with Crippen LogP contribution >= 0.6 is 0 Å². The molecule has 2 aliphatic carbocycles. The molecular formula is C31H34FNO4. The Balaban J connectivity index is 1.56. The van der Waals surface area contributed by atoms with E-state index < -0.39 is 0 Å². The van der Waals surface area contributed by atoms with E-state index in [2.05, 4.69) is 11.8 Å². The van der Waals surface area contributed by atoms with Crippen molar-refractivity contribution in [2.75, 3.05) is 13.2 Å². The molecule has 0 unspecified atom stereocenters. The Morgan fingerprint density at radius 1 is 0.838 bits per heavy atom. The summed E-state index contributed by atoms with van der Waals surface area (Å²) in [4.78, 5) is 29.1. The van der Waals surface area contributed by atoms with Gasteiger partial charge in [-0.1, -0.05) is 25.1 Å². The van der Waals surface area contributed by atoms with Crippen LogP contribution in [0, 0.1) is 5.82 Å². The molecule has 194 valence electrons. The number of carbonyl (C=O) groups is 2. The first-order valence-electron chi connectivity index (χ1n) is 13.5. The predicted octanol–water partition coefficient (Wildman–Crippen LogP) is 6.63. The summed E-state index contributed by atoms with van der Waals surface area (Å²) >= 11 is 0. The number of benzene rings is 2. The molecule has 0 N–H and O–H groups in total. The van der Waals surface area contributed by atoms with Crippen molar-refractivity contribution in [1.82, 2.24) is 4.90 Å². The summed E-state index contributed by atoms with van der Waals surface area (Å²) in [6.45, 7) is 5.60. The summed E-state index contributed by atoms with van der Waals surface area (Å²) in [7, 11) is 0. The third-order valence-corrected chi connectivity index (χ3v) is 7.44. The zero-order chi connectivity index (χ0) is 25.9. The maximum Gasteiger partial charge on any atom is 0.161 e. The third kappa shape index (κ3) is 4.94. The lowest BCUT2D eigenvalue weighted by Crippen LogP contribution is -2.39. The number of rotatable bonds is 8. The maximum atomic E-state index is 13.4. The lowest BCUT2D eigenvalue weighted by Gasteiger charge is -2.44. The number of ketones is 2. The van der Waals surface area contributed by atoms with Gasteiger partial charge in [0.25, 0.3) is 0 Å². The molecule has 0 spiro atoms. The van der Waals surface area contributed by atoms with Crippen LogP contribution in [0.2, 0.25) is 0 Å². The van der Waals surface area contributed by atoms with Crippen LogP contribution in [-0.4, -0.2) is 29.6 Å². The van der Waals surface area contributed by atoms with Crippen LogP contribution in [0.5, 0.6) is 11.5 Å².